The molecular formula is C62H79N15O11. The Kier molecular flexibility index (Phi) is 23.9. The Balaban J connectivity index is 1.29. The van der Waals surface area contributed by atoms with Gasteiger partial charge in [0.1, 0.15) is 42.3 Å². The predicted octanol–water partition coefficient (Wildman–Crippen LogP) is -0.0300. The number of nitrogens with one attached hydrogen (secondary N) is 10. The summed E-state index contributed by atoms with van der Waals surface area (Å²) in [4.78, 5) is 164. The molecule has 0 aliphatic carbocycles. The fraction of sp³-hybridized carbons (Fsp3) is 0.419. The van der Waals surface area contributed by atoms with E-state index >= 15 is 14.4 Å². The van der Waals surface area contributed by atoms with Gasteiger partial charge in [-0.3, -0.25) is 57.7 Å². The summed E-state index contributed by atoms with van der Waals surface area (Å²) in [5, 5.41) is 26.9. The van der Waals surface area contributed by atoms with Gasteiger partial charge in [-0.2, -0.15) is 0 Å². The van der Waals surface area contributed by atoms with Crippen molar-refractivity contribution in [3.63, 3.8) is 0 Å². The zero-order chi connectivity index (χ0) is 63.3. The van der Waals surface area contributed by atoms with Crippen molar-refractivity contribution < 1.29 is 52.7 Å². The van der Waals surface area contributed by atoms with Crippen molar-refractivity contribution >= 4 is 92.6 Å². The number of amides is 11. The smallest absolute Gasteiger partial charge is 0.251 e. The number of H-pyrrole nitrogens is 1. The van der Waals surface area contributed by atoms with Gasteiger partial charge >= 0.3 is 0 Å². The lowest BCUT2D eigenvalue weighted by Gasteiger charge is -2.31. The number of primary amides is 1. The van der Waals surface area contributed by atoms with Crippen LogP contribution in [0, 0.1) is 0 Å². The summed E-state index contributed by atoms with van der Waals surface area (Å²) in [7, 11) is 0. The predicted molar refractivity (Wildman–Crippen MR) is 328 cm³/mol. The number of aliphatic imine (C=N–C) groups is 1. The second-order valence-corrected chi connectivity index (χ2v) is 22.1. The van der Waals surface area contributed by atoms with Crippen molar-refractivity contribution in [2.75, 3.05) is 26.2 Å². The zero-order valence-electron chi connectivity index (χ0n) is 49.4. The standard InChI is InChI=1S/C62H79N15O11/c1-3-4-20-46(70-36(2)78)57(84)76-50-32-52(79)66-26-13-12-22-45(54(63)81)72-53(80)34-69-56(83)49(30-41-33-68-44-21-11-10-19-43(41)44)74-58(85)47(23-14-27-67-62(64)65)73-59(86)48(29-37-24-25-38-15-8-9-18-40(38)28-37)75-60(87)51-31-42(35-77(51)61(50)88)71-55(82)39-16-6-5-7-17-39/h5-11,15-19,21,24-25,28,33,42,45-51,68H,3-4,12-14,20,22-23,26-27,29-32,34-35H2,1-2H3,(H2,63,81)(H,66,79)(H,69,83)(H,70,78)(H,71,82)(H,72,80)(H,73,86)(H,74,85)(H,75,87)(H,76,84)(H4,64,65,67)/t42-,45-,46-,47-,48+,49-,50-,51-/m0/s1. The van der Waals surface area contributed by atoms with Gasteiger partial charge < -0.3 is 74.9 Å². The van der Waals surface area contributed by atoms with Crippen LogP contribution < -0.4 is 65.1 Å². The van der Waals surface area contributed by atoms with E-state index in [2.05, 4.69) is 57.8 Å². The Morgan fingerprint density at radius 2 is 1.41 bits per heavy atom. The number of carbonyl (C=O) groups is 11. The highest BCUT2D eigenvalue weighted by Gasteiger charge is 2.45. The van der Waals surface area contributed by atoms with Crippen molar-refractivity contribution in [2.24, 2.45) is 22.2 Å². The van der Waals surface area contributed by atoms with E-state index in [4.69, 9.17) is 17.2 Å². The van der Waals surface area contributed by atoms with Gasteiger partial charge in [0.15, 0.2) is 5.96 Å². The summed E-state index contributed by atoms with van der Waals surface area (Å²) in [6.45, 7) is 2.18. The Hall–Kier alpha value is -9.88. The fourth-order valence-electron chi connectivity index (χ4n) is 10.8. The number of guanidine groups is 1. The van der Waals surface area contributed by atoms with Gasteiger partial charge in [-0.1, -0.05) is 98.6 Å². The van der Waals surface area contributed by atoms with Crippen LogP contribution in [0.3, 0.4) is 0 Å². The van der Waals surface area contributed by atoms with Crippen LogP contribution in [-0.4, -0.2) is 155 Å². The van der Waals surface area contributed by atoms with E-state index in [0.717, 1.165) is 26.6 Å². The molecule has 26 nitrogen and oxygen atoms in total. The third-order valence-corrected chi connectivity index (χ3v) is 15.3. The van der Waals surface area contributed by atoms with Crippen LogP contribution >= 0.6 is 0 Å². The molecule has 4 aromatic carbocycles. The molecule has 11 amide bonds. The molecule has 1 aromatic heterocycles. The summed E-state index contributed by atoms with van der Waals surface area (Å²) < 4.78 is 0. The number of unbranched alkanes of at least 4 members (excludes halogenated alkanes) is 1. The van der Waals surface area contributed by atoms with E-state index < -0.39 is 126 Å². The number of para-hydroxylation sites is 1. The molecule has 2 fully saturated rings. The molecule has 2 aliphatic rings. The number of nitrogens with two attached hydrogens (primary N) is 3. The van der Waals surface area contributed by atoms with Crippen LogP contribution in [0.5, 0.6) is 0 Å². The van der Waals surface area contributed by atoms with E-state index in [1.807, 2.05) is 61.5 Å². The highest BCUT2D eigenvalue weighted by Crippen LogP contribution is 2.24. The maximum absolute atomic E-state index is 15.3. The number of hydrogen-bond acceptors (Lipinski definition) is 12. The second kappa shape index (κ2) is 32.0. The van der Waals surface area contributed by atoms with E-state index in [9.17, 15) is 38.4 Å². The number of carbonyl (C=O) groups excluding carboxylic acids is 11. The monoisotopic (exact) mass is 1210 g/mol. The molecule has 0 saturated carbocycles. The lowest BCUT2D eigenvalue weighted by molar-refractivity contribution is -0.143. The SMILES string of the molecule is CCCC[C@H](NC(C)=O)C(=O)N[C@H]1CC(=O)NCCCC[C@@H](C(N)=O)NC(=O)CNC(=O)[C@H](Cc2c[nH]c3ccccc23)NC(=O)[C@H](CCCN=C(N)N)NC(=O)[C@@H](Cc2ccc3ccccc3c2)NC(=O)[C@@H]2C[C@H](NC(=O)c3ccccc3)CN2C1=O. The molecule has 468 valence electrons. The number of aromatic amines is 1. The van der Waals surface area contributed by atoms with E-state index in [1.54, 1.807) is 48.7 Å². The van der Waals surface area contributed by atoms with Gasteiger partial charge in [-0.15, -0.1) is 0 Å². The van der Waals surface area contributed by atoms with Crippen molar-refractivity contribution in [3.8, 4) is 0 Å². The molecule has 5 aromatic rings. The topological polar surface area (TPSA) is 405 Å². The number of fused-ring (bicyclic) bond motifs is 3. The van der Waals surface area contributed by atoms with Crippen LogP contribution in [0.15, 0.2) is 108 Å². The minimum atomic E-state index is -1.66. The van der Waals surface area contributed by atoms with Gasteiger partial charge in [-0.05, 0) is 85.0 Å². The highest BCUT2D eigenvalue weighted by atomic mass is 16.2. The van der Waals surface area contributed by atoms with Gasteiger partial charge in [0.05, 0.1) is 13.0 Å². The molecule has 3 heterocycles. The minimum Gasteiger partial charge on any atom is -0.370 e. The van der Waals surface area contributed by atoms with Crippen LogP contribution in [0.2, 0.25) is 0 Å². The van der Waals surface area contributed by atoms with Gasteiger partial charge in [0.25, 0.3) is 5.91 Å². The lowest BCUT2D eigenvalue weighted by atomic mass is 9.99. The highest BCUT2D eigenvalue weighted by molar-refractivity contribution is 6.00. The Bertz CT molecular complexity index is 3370. The first kappa shape index (κ1) is 65.7. The van der Waals surface area contributed by atoms with Crippen molar-refractivity contribution in [1.29, 1.82) is 0 Å². The molecule has 0 spiro atoms. The summed E-state index contributed by atoms with van der Waals surface area (Å²) in [5.74, 6) is -8.72. The summed E-state index contributed by atoms with van der Waals surface area (Å²) >= 11 is 0. The first-order valence-corrected chi connectivity index (χ1v) is 29.6. The molecule has 26 heteroatoms. The summed E-state index contributed by atoms with van der Waals surface area (Å²) in [5.41, 5.74) is 19.2. The molecule has 2 saturated heterocycles. The maximum atomic E-state index is 15.3. The first-order chi connectivity index (χ1) is 42.3. The van der Waals surface area contributed by atoms with Crippen LogP contribution in [0.4, 0.5) is 0 Å². The lowest BCUT2D eigenvalue weighted by Crippen LogP contribution is -2.60. The molecule has 16 N–H and O–H groups in total. The second-order valence-electron chi connectivity index (χ2n) is 22.1. The molecule has 0 radical (unpaired) electrons. The van der Waals surface area contributed by atoms with Crippen LogP contribution in [0.1, 0.15) is 99.5 Å². The molecule has 88 heavy (non-hydrogen) atoms. The fourth-order valence-corrected chi connectivity index (χ4v) is 10.8. The molecule has 8 atom stereocenters. The van der Waals surface area contributed by atoms with Crippen molar-refractivity contribution in [1.82, 2.24) is 57.7 Å². The molecule has 0 bridgehead atoms. The van der Waals surface area contributed by atoms with Gasteiger partial charge in [0.2, 0.25) is 59.1 Å². The maximum Gasteiger partial charge on any atom is 0.251 e. The third kappa shape index (κ3) is 19.1. The summed E-state index contributed by atoms with van der Waals surface area (Å²) in [6.07, 6.45) is 2.37. The summed E-state index contributed by atoms with van der Waals surface area (Å²) in [6, 6.07) is 17.7. The van der Waals surface area contributed by atoms with E-state index in [0.29, 0.717) is 24.0 Å². The van der Waals surface area contributed by atoms with Gasteiger partial charge in [-0.25, -0.2) is 0 Å². The average molecular weight is 1210 g/mol. The third-order valence-electron chi connectivity index (χ3n) is 15.3. The Morgan fingerprint density at radius 3 is 2.15 bits per heavy atom. The number of aromatic nitrogens is 1. The zero-order valence-corrected chi connectivity index (χ0v) is 49.4. The Morgan fingerprint density at radius 1 is 0.716 bits per heavy atom. The molecule has 0 unspecified atom stereocenters. The van der Waals surface area contributed by atoms with Crippen LogP contribution in [-0.2, 0) is 60.8 Å². The van der Waals surface area contributed by atoms with Crippen molar-refractivity contribution in [2.45, 2.75) is 139 Å². The molecule has 2 aliphatic heterocycles. The van der Waals surface area contributed by atoms with Crippen molar-refractivity contribution in [3.05, 3.63) is 120 Å². The molecular weight excluding hydrogens is 1130 g/mol. The largest absolute Gasteiger partial charge is 0.370 e. The number of benzene rings is 4. The number of hydrogen-bond donors (Lipinski definition) is 13. The number of nitrogens with zero attached hydrogens (tertiary/aromatic N) is 2. The average Bonchev–Trinajstić information content (AvgIpc) is 4.34. The van der Waals surface area contributed by atoms with E-state index in [1.165, 1.54) is 6.92 Å². The first-order valence-electron chi connectivity index (χ1n) is 29.6. The van der Waals surface area contributed by atoms with E-state index in [-0.39, 0.29) is 88.9 Å². The normalized spacial score (nSPS) is 21.7. The minimum absolute atomic E-state index is 0.00213. The quantitative estimate of drug-likeness (QED) is 0.0331. The van der Waals surface area contributed by atoms with Gasteiger partial charge in [0, 0.05) is 68.1 Å². The van der Waals surface area contributed by atoms with Crippen LogP contribution in [0.25, 0.3) is 21.7 Å². The number of rotatable bonds is 17. The Labute approximate surface area is 508 Å². The molecule has 7 rings (SSSR count).